The molecule has 1 saturated heterocycles. The minimum absolute atomic E-state index is 0.0600. The van der Waals surface area contributed by atoms with Crippen LogP contribution in [0.5, 0.6) is 5.75 Å². The molecule has 1 aliphatic rings. The van der Waals surface area contributed by atoms with Crippen LogP contribution in [0.15, 0.2) is 72.8 Å². The molecule has 36 heavy (non-hydrogen) atoms. The maximum atomic E-state index is 13.1. The molecule has 7 nitrogen and oxygen atoms in total. The second kappa shape index (κ2) is 11.1. The zero-order valence-electron chi connectivity index (χ0n) is 20.8. The zero-order valence-corrected chi connectivity index (χ0v) is 20.8. The normalized spacial score (nSPS) is 15.2. The fourth-order valence-corrected chi connectivity index (χ4v) is 4.21. The van der Waals surface area contributed by atoms with Gasteiger partial charge in [0, 0.05) is 25.2 Å². The van der Waals surface area contributed by atoms with Gasteiger partial charge in [0.2, 0.25) is 11.8 Å². The second-order valence-corrected chi connectivity index (χ2v) is 9.21. The van der Waals surface area contributed by atoms with Gasteiger partial charge in [-0.3, -0.25) is 14.4 Å². The maximum absolute atomic E-state index is 13.1. The number of carbonyl (C=O) groups is 3. The smallest absolute Gasteiger partial charge is 0.253 e. The minimum Gasteiger partial charge on any atom is -0.491 e. The zero-order chi connectivity index (χ0) is 25.7. The Kier molecular flexibility index (Phi) is 7.68. The summed E-state index contributed by atoms with van der Waals surface area (Å²) in [5.74, 6) is -0.470. The van der Waals surface area contributed by atoms with Crippen molar-refractivity contribution in [3.05, 3.63) is 89.5 Å². The Balaban J connectivity index is 1.40. The maximum Gasteiger partial charge on any atom is 0.253 e. The number of benzene rings is 3. The highest BCUT2D eigenvalue weighted by Gasteiger charge is 2.35. The minimum atomic E-state index is -0.521. The number of aryl methyl sites for hydroxylation is 1. The fourth-order valence-electron chi connectivity index (χ4n) is 4.21. The van der Waals surface area contributed by atoms with Crippen LogP contribution in [0.25, 0.3) is 0 Å². The second-order valence-electron chi connectivity index (χ2n) is 9.21. The molecule has 1 fully saturated rings. The molecule has 0 saturated carbocycles. The Bertz CT molecular complexity index is 1250. The van der Waals surface area contributed by atoms with Gasteiger partial charge in [0.05, 0.1) is 23.3 Å². The Labute approximate surface area is 211 Å². The number of hydrogen-bond donors (Lipinski definition) is 2. The number of anilines is 2. The highest BCUT2D eigenvalue weighted by molar-refractivity contribution is 6.07. The van der Waals surface area contributed by atoms with Gasteiger partial charge < -0.3 is 20.3 Å². The average Bonchev–Trinajstić information content (AvgIpc) is 3.25. The standard InChI is InChI=1S/C29H31N3O4/c1-19(2)36-24-14-12-23(13-15-24)32-18-22(16-27(32)33)28(34)31-26-11-7-6-10-25(26)29(35)30-17-21-9-5-4-8-20(21)3/h4-15,19,22H,16-18H2,1-3H3,(H,30,35)(H,31,34)/t22-/m0/s1. The molecule has 186 valence electrons. The number of amides is 3. The van der Waals surface area contributed by atoms with Crippen molar-refractivity contribution in [1.29, 1.82) is 0 Å². The summed E-state index contributed by atoms with van der Waals surface area (Å²) in [6, 6.07) is 22.0. The van der Waals surface area contributed by atoms with Gasteiger partial charge in [-0.25, -0.2) is 0 Å². The topological polar surface area (TPSA) is 87.7 Å². The highest BCUT2D eigenvalue weighted by atomic mass is 16.5. The molecule has 0 aromatic heterocycles. The summed E-state index contributed by atoms with van der Waals surface area (Å²) in [7, 11) is 0. The van der Waals surface area contributed by atoms with Crippen LogP contribution in [-0.2, 0) is 16.1 Å². The lowest BCUT2D eigenvalue weighted by Crippen LogP contribution is -2.29. The van der Waals surface area contributed by atoms with Crippen molar-refractivity contribution in [2.24, 2.45) is 5.92 Å². The van der Waals surface area contributed by atoms with Gasteiger partial charge in [0.25, 0.3) is 5.91 Å². The molecule has 2 N–H and O–H groups in total. The molecule has 0 aliphatic carbocycles. The number of rotatable bonds is 8. The van der Waals surface area contributed by atoms with E-state index in [1.807, 2.05) is 69.3 Å². The molecule has 1 atom stereocenters. The third kappa shape index (κ3) is 5.92. The molecule has 3 amide bonds. The Morgan fingerprint density at radius 3 is 2.42 bits per heavy atom. The van der Waals surface area contributed by atoms with Crippen LogP contribution in [0.2, 0.25) is 0 Å². The SMILES string of the molecule is Cc1ccccc1CNC(=O)c1ccccc1NC(=O)[C@H]1CC(=O)N(c2ccc(OC(C)C)cc2)C1. The van der Waals surface area contributed by atoms with E-state index in [-0.39, 0.29) is 36.8 Å². The van der Waals surface area contributed by atoms with E-state index in [1.54, 1.807) is 29.2 Å². The molecule has 4 rings (SSSR count). The van der Waals surface area contributed by atoms with Gasteiger partial charge in [-0.1, -0.05) is 36.4 Å². The van der Waals surface area contributed by atoms with Crippen LogP contribution in [0.1, 0.15) is 41.8 Å². The summed E-state index contributed by atoms with van der Waals surface area (Å²) in [5, 5.41) is 5.80. The largest absolute Gasteiger partial charge is 0.491 e. The summed E-state index contributed by atoms with van der Waals surface area (Å²) >= 11 is 0. The summed E-state index contributed by atoms with van der Waals surface area (Å²) < 4.78 is 5.66. The van der Waals surface area contributed by atoms with E-state index in [1.165, 1.54) is 0 Å². The van der Waals surface area contributed by atoms with Crippen LogP contribution >= 0.6 is 0 Å². The molecule has 0 bridgehead atoms. The van der Waals surface area contributed by atoms with E-state index < -0.39 is 5.92 Å². The first-order chi connectivity index (χ1) is 17.3. The molecule has 0 spiro atoms. The van der Waals surface area contributed by atoms with Crippen molar-refractivity contribution in [3.8, 4) is 5.75 Å². The molecule has 3 aromatic rings. The first-order valence-corrected chi connectivity index (χ1v) is 12.1. The predicted octanol–water partition coefficient (Wildman–Crippen LogP) is 4.70. The monoisotopic (exact) mass is 485 g/mol. The first-order valence-electron chi connectivity index (χ1n) is 12.1. The number of para-hydroxylation sites is 1. The van der Waals surface area contributed by atoms with Gasteiger partial charge in [-0.2, -0.15) is 0 Å². The van der Waals surface area contributed by atoms with Gasteiger partial charge in [-0.05, 0) is 68.3 Å². The van der Waals surface area contributed by atoms with Crippen molar-refractivity contribution in [2.75, 3.05) is 16.8 Å². The van der Waals surface area contributed by atoms with Gasteiger partial charge in [0.1, 0.15) is 5.75 Å². The van der Waals surface area contributed by atoms with Gasteiger partial charge in [0.15, 0.2) is 0 Å². The van der Waals surface area contributed by atoms with E-state index in [9.17, 15) is 14.4 Å². The Morgan fingerprint density at radius 2 is 1.69 bits per heavy atom. The quantitative estimate of drug-likeness (QED) is 0.484. The lowest BCUT2D eigenvalue weighted by atomic mass is 10.1. The molecule has 1 aliphatic heterocycles. The first kappa shape index (κ1) is 25.0. The summed E-state index contributed by atoms with van der Waals surface area (Å²) in [4.78, 5) is 40.3. The van der Waals surface area contributed by atoms with E-state index >= 15 is 0 Å². The molecular weight excluding hydrogens is 454 g/mol. The molecule has 0 radical (unpaired) electrons. The van der Waals surface area contributed by atoms with Crippen molar-refractivity contribution in [3.63, 3.8) is 0 Å². The molecule has 0 unspecified atom stereocenters. The average molecular weight is 486 g/mol. The van der Waals surface area contributed by atoms with Crippen molar-refractivity contribution in [2.45, 2.75) is 39.8 Å². The van der Waals surface area contributed by atoms with Crippen LogP contribution in [-0.4, -0.2) is 30.4 Å². The van der Waals surface area contributed by atoms with Crippen LogP contribution in [0.3, 0.4) is 0 Å². The molecule has 7 heteroatoms. The Morgan fingerprint density at radius 1 is 1.00 bits per heavy atom. The lowest BCUT2D eigenvalue weighted by Gasteiger charge is -2.18. The number of nitrogens with zero attached hydrogens (tertiary/aromatic N) is 1. The summed E-state index contributed by atoms with van der Waals surface area (Å²) in [6.45, 7) is 6.56. The predicted molar refractivity (Wildman–Crippen MR) is 140 cm³/mol. The van der Waals surface area contributed by atoms with Crippen molar-refractivity contribution < 1.29 is 19.1 Å². The van der Waals surface area contributed by atoms with Crippen LogP contribution < -0.4 is 20.3 Å². The highest BCUT2D eigenvalue weighted by Crippen LogP contribution is 2.28. The summed E-state index contributed by atoms with van der Waals surface area (Å²) in [6.07, 6.45) is 0.169. The van der Waals surface area contributed by atoms with E-state index in [0.29, 0.717) is 17.8 Å². The molecule has 3 aromatic carbocycles. The van der Waals surface area contributed by atoms with Gasteiger partial charge in [-0.15, -0.1) is 0 Å². The Hall–Kier alpha value is -4.13. The molecular formula is C29H31N3O4. The summed E-state index contributed by atoms with van der Waals surface area (Å²) in [5.41, 5.74) is 3.65. The number of carbonyl (C=O) groups excluding carboxylic acids is 3. The third-order valence-electron chi connectivity index (χ3n) is 6.15. The third-order valence-corrected chi connectivity index (χ3v) is 6.15. The fraction of sp³-hybridized carbons (Fsp3) is 0.276. The van der Waals surface area contributed by atoms with Crippen LogP contribution in [0.4, 0.5) is 11.4 Å². The van der Waals surface area contributed by atoms with Crippen molar-refractivity contribution in [1.82, 2.24) is 5.32 Å². The van der Waals surface area contributed by atoms with E-state index in [2.05, 4.69) is 10.6 Å². The molecule has 1 heterocycles. The van der Waals surface area contributed by atoms with Crippen LogP contribution in [0, 0.1) is 12.8 Å². The number of nitrogens with one attached hydrogen (secondary N) is 2. The van der Waals surface area contributed by atoms with Crippen molar-refractivity contribution >= 4 is 29.1 Å². The number of ether oxygens (including phenoxy) is 1. The lowest BCUT2D eigenvalue weighted by molar-refractivity contribution is -0.122. The van der Waals surface area contributed by atoms with E-state index in [0.717, 1.165) is 22.6 Å². The van der Waals surface area contributed by atoms with Gasteiger partial charge >= 0.3 is 0 Å². The van der Waals surface area contributed by atoms with E-state index in [4.69, 9.17) is 4.74 Å². The number of hydrogen-bond acceptors (Lipinski definition) is 4.